The zero-order chi connectivity index (χ0) is 14.3. The van der Waals surface area contributed by atoms with Gasteiger partial charge in [-0.05, 0) is 43.5 Å². The number of carboxylic acid groups (broad SMARTS) is 1. The Kier molecular flexibility index (Phi) is 6.36. The lowest BCUT2D eigenvalue weighted by molar-refractivity contribution is -0.139. The van der Waals surface area contributed by atoms with Gasteiger partial charge in [0.1, 0.15) is 11.8 Å². The van der Waals surface area contributed by atoms with E-state index in [1.165, 1.54) is 0 Å². The van der Waals surface area contributed by atoms with Crippen molar-refractivity contribution in [3.63, 3.8) is 0 Å². The minimum atomic E-state index is -0.854. The van der Waals surface area contributed by atoms with Gasteiger partial charge in [0.05, 0.1) is 6.61 Å². The molecular formula is C15H23NO3. The average Bonchev–Trinajstić information content (AvgIpc) is 2.35. The van der Waals surface area contributed by atoms with E-state index in [-0.39, 0.29) is 0 Å². The minimum Gasteiger partial charge on any atom is -0.494 e. The Labute approximate surface area is 114 Å². The van der Waals surface area contributed by atoms with Crippen LogP contribution >= 0.6 is 0 Å². The first kappa shape index (κ1) is 15.5. The van der Waals surface area contributed by atoms with Gasteiger partial charge in [0, 0.05) is 0 Å². The fourth-order valence-electron chi connectivity index (χ4n) is 1.79. The highest BCUT2D eigenvalue weighted by Crippen LogP contribution is 2.18. The molecule has 19 heavy (non-hydrogen) atoms. The molecule has 0 aliphatic heterocycles. The molecule has 1 unspecified atom stereocenters. The van der Waals surface area contributed by atoms with Crippen LogP contribution in [0, 0.1) is 5.92 Å². The summed E-state index contributed by atoms with van der Waals surface area (Å²) >= 11 is 0. The first-order chi connectivity index (χ1) is 9.04. The summed E-state index contributed by atoms with van der Waals surface area (Å²) in [4.78, 5) is 11.3. The third kappa shape index (κ3) is 5.30. The highest BCUT2D eigenvalue weighted by Gasteiger charge is 2.18. The van der Waals surface area contributed by atoms with Crippen molar-refractivity contribution in [3.05, 3.63) is 29.8 Å². The molecule has 0 fully saturated rings. The van der Waals surface area contributed by atoms with E-state index in [4.69, 9.17) is 4.74 Å². The van der Waals surface area contributed by atoms with Crippen molar-refractivity contribution in [1.82, 2.24) is 5.32 Å². The summed E-state index contributed by atoms with van der Waals surface area (Å²) in [7, 11) is 0. The maximum atomic E-state index is 11.3. The molecule has 0 amide bonds. The van der Waals surface area contributed by atoms with Gasteiger partial charge in [-0.1, -0.05) is 26.0 Å². The molecule has 1 atom stereocenters. The Morgan fingerprint density at radius 2 is 1.95 bits per heavy atom. The average molecular weight is 265 g/mol. The van der Waals surface area contributed by atoms with Crippen LogP contribution in [0.25, 0.3) is 0 Å². The van der Waals surface area contributed by atoms with Gasteiger partial charge in [-0.25, -0.2) is 0 Å². The van der Waals surface area contributed by atoms with Gasteiger partial charge in [-0.15, -0.1) is 0 Å². The van der Waals surface area contributed by atoms with E-state index in [9.17, 15) is 9.90 Å². The van der Waals surface area contributed by atoms with Crippen LogP contribution in [-0.4, -0.2) is 24.2 Å². The molecule has 4 nitrogen and oxygen atoms in total. The van der Waals surface area contributed by atoms with E-state index in [1.54, 1.807) is 24.3 Å². The number of hydrogen-bond donors (Lipinski definition) is 2. The molecule has 0 saturated heterocycles. The largest absolute Gasteiger partial charge is 0.494 e. The number of aliphatic carboxylic acids is 1. The van der Waals surface area contributed by atoms with Crippen LogP contribution in [0.2, 0.25) is 0 Å². The second kappa shape index (κ2) is 7.79. The predicted octanol–water partition coefficient (Wildman–Crippen LogP) is 2.85. The van der Waals surface area contributed by atoms with Crippen LogP contribution < -0.4 is 10.1 Å². The van der Waals surface area contributed by atoms with E-state index in [0.29, 0.717) is 19.1 Å². The molecule has 1 rings (SSSR count). The van der Waals surface area contributed by atoms with Crippen molar-refractivity contribution >= 4 is 5.97 Å². The molecule has 1 aromatic rings. The van der Waals surface area contributed by atoms with Crippen molar-refractivity contribution in [3.8, 4) is 5.75 Å². The van der Waals surface area contributed by atoms with Crippen LogP contribution in [0.4, 0.5) is 0 Å². The third-order valence-electron chi connectivity index (χ3n) is 2.84. The highest BCUT2D eigenvalue weighted by molar-refractivity contribution is 5.75. The summed E-state index contributed by atoms with van der Waals surface area (Å²) in [6.07, 6.45) is 0.959. The maximum absolute atomic E-state index is 11.3. The Bertz CT molecular complexity index is 387. The van der Waals surface area contributed by atoms with Crippen LogP contribution in [0.1, 0.15) is 38.8 Å². The van der Waals surface area contributed by atoms with Gasteiger partial charge >= 0.3 is 5.97 Å². The number of benzene rings is 1. The molecule has 0 heterocycles. The van der Waals surface area contributed by atoms with Crippen LogP contribution in [0.15, 0.2) is 24.3 Å². The number of carboxylic acids is 1. The molecule has 1 aromatic carbocycles. The van der Waals surface area contributed by atoms with E-state index in [1.807, 2.05) is 6.92 Å². The Hall–Kier alpha value is -1.55. The first-order valence-corrected chi connectivity index (χ1v) is 6.73. The van der Waals surface area contributed by atoms with Crippen molar-refractivity contribution in [2.24, 2.45) is 5.92 Å². The number of rotatable bonds is 8. The normalized spacial score (nSPS) is 12.4. The van der Waals surface area contributed by atoms with Crippen molar-refractivity contribution in [2.45, 2.75) is 33.2 Å². The summed E-state index contributed by atoms with van der Waals surface area (Å²) in [5.74, 6) is 0.466. The van der Waals surface area contributed by atoms with Gasteiger partial charge in [-0.2, -0.15) is 0 Å². The summed E-state index contributed by atoms with van der Waals surface area (Å²) in [6.45, 7) is 7.46. The van der Waals surface area contributed by atoms with Crippen molar-refractivity contribution in [2.75, 3.05) is 13.2 Å². The fraction of sp³-hybridized carbons (Fsp3) is 0.533. The molecule has 0 saturated carbocycles. The Morgan fingerprint density at radius 3 is 2.42 bits per heavy atom. The van der Waals surface area contributed by atoms with E-state index < -0.39 is 12.0 Å². The van der Waals surface area contributed by atoms with Crippen LogP contribution in [0.3, 0.4) is 0 Å². The first-order valence-electron chi connectivity index (χ1n) is 6.73. The molecule has 0 bridgehead atoms. The number of ether oxygens (including phenoxy) is 1. The quantitative estimate of drug-likeness (QED) is 0.759. The molecule has 0 aromatic heterocycles. The van der Waals surface area contributed by atoms with E-state index >= 15 is 0 Å². The maximum Gasteiger partial charge on any atom is 0.325 e. The Balaban J connectivity index is 2.67. The van der Waals surface area contributed by atoms with Crippen LogP contribution in [-0.2, 0) is 4.79 Å². The fourth-order valence-corrected chi connectivity index (χ4v) is 1.79. The molecule has 0 aliphatic rings. The number of carbonyl (C=O) groups is 1. The van der Waals surface area contributed by atoms with Gasteiger partial charge in [0.15, 0.2) is 0 Å². The molecule has 2 N–H and O–H groups in total. The van der Waals surface area contributed by atoms with Crippen molar-refractivity contribution in [1.29, 1.82) is 0 Å². The van der Waals surface area contributed by atoms with Gasteiger partial charge in [-0.3, -0.25) is 4.79 Å². The number of hydrogen-bond acceptors (Lipinski definition) is 3. The standard InChI is InChI=1S/C15H23NO3/c1-4-19-13-7-5-12(6-8-13)14(15(17)18)16-10-9-11(2)3/h5-8,11,14,16H,4,9-10H2,1-3H3,(H,17,18). The lowest BCUT2D eigenvalue weighted by atomic mass is 10.1. The predicted molar refractivity (Wildman–Crippen MR) is 75.4 cm³/mol. The molecule has 106 valence electrons. The summed E-state index contributed by atoms with van der Waals surface area (Å²) in [6, 6.07) is 6.55. The Morgan fingerprint density at radius 1 is 1.32 bits per heavy atom. The van der Waals surface area contributed by atoms with Gasteiger partial charge in [0.2, 0.25) is 0 Å². The highest BCUT2D eigenvalue weighted by atomic mass is 16.5. The zero-order valence-electron chi connectivity index (χ0n) is 11.8. The van der Waals surface area contributed by atoms with Gasteiger partial charge < -0.3 is 15.2 Å². The second-order valence-electron chi connectivity index (χ2n) is 4.91. The smallest absolute Gasteiger partial charge is 0.325 e. The molecule has 4 heteroatoms. The van der Waals surface area contributed by atoms with Crippen molar-refractivity contribution < 1.29 is 14.6 Å². The molecular weight excluding hydrogens is 242 g/mol. The van der Waals surface area contributed by atoms with Gasteiger partial charge in [0.25, 0.3) is 0 Å². The summed E-state index contributed by atoms with van der Waals surface area (Å²) in [5, 5.41) is 12.3. The lowest BCUT2D eigenvalue weighted by Gasteiger charge is -2.16. The lowest BCUT2D eigenvalue weighted by Crippen LogP contribution is -2.29. The van der Waals surface area contributed by atoms with Crippen LogP contribution in [0.5, 0.6) is 5.75 Å². The zero-order valence-corrected chi connectivity index (χ0v) is 11.8. The minimum absolute atomic E-state index is 0.558. The number of nitrogens with one attached hydrogen (secondary N) is 1. The van der Waals surface area contributed by atoms with E-state index in [2.05, 4.69) is 19.2 Å². The third-order valence-corrected chi connectivity index (χ3v) is 2.84. The molecule has 0 radical (unpaired) electrons. The molecule has 0 spiro atoms. The topological polar surface area (TPSA) is 58.6 Å². The summed E-state index contributed by atoms with van der Waals surface area (Å²) in [5.41, 5.74) is 0.750. The molecule has 0 aliphatic carbocycles. The SMILES string of the molecule is CCOc1ccc(C(NCCC(C)C)C(=O)O)cc1. The summed E-state index contributed by atoms with van der Waals surface area (Å²) < 4.78 is 5.35. The monoisotopic (exact) mass is 265 g/mol. The second-order valence-corrected chi connectivity index (χ2v) is 4.91. The van der Waals surface area contributed by atoms with E-state index in [0.717, 1.165) is 17.7 Å².